The van der Waals surface area contributed by atoms with Crippen LogP contribution in [0, 0.1) is 5.95 Å². The first kappa shape index (κ1) is 10.3. The fourth-order valence-corrected chi connectivity index (χ4v) is 1.42. The lowest BCUT2D eigenvalue weighted by atomic mass is 10.2. The lowest BCUT2D eigenvalue weighted by Crippen LogP contribution is -2.05. The molecule has 0 aliphatic rings. The number of fused-ring (bicyclic) bond motifs is 1. The van der Waals surface area contributed by atoms with Crippen LogP contribution in [-0.2, 0) is 4.74 Å². The Morgan fingerprint density at radius 1 is 1.56 bits per heavy atom. The highest BCUT2D eigenvalue weighted by Gasteiger charge is 2.20. The van der Waals surface area contributed by atoms with Crippen LogP contribution in [0.2, 0.25) is 0 Å². The van der Waals surface area contributed by atoms with Crippen molar-refractivity contribution < 1.29 is 18.7 Å². The van der Waals surface area contributed by atoms with Gasteiger partial charge in [0.15, 0.2) is 12.0 Å². The quantitative estimate of drug-likeness (QED) is 0.433. The molecule has 2 rings (SSSR count). The van der Waals surface area contributed by atoms with Crippen molar-refractivity contribution in [2.75, 3.05) is 7.11 Å². The molecule has 0 radical (unpaired) electrons. The summed E-state index contributed by atoms with van der Waals surface area (Å²) in [6.07, 6.45) is 0.452. The topological polar surface area (TPSA) is 60.7 Å². The number of nitrogens with zero attached hydrogens (tertiary/aromatic N) is 2. The number of hydrogen-bond donors (Lipinski definition) is 0. The average molecular weight is 222 g/mol. The SMILES string of the molecule is COC(=O)c1nn2c(F)cccc2c1C=O. The fourth-order valence-electron chi connectivity index (χ4n) is 1.42. The van der Waals surface area contributed by atoms with E-state index in [-0.39, 0.29) is 16.8 Å². The van der Waals surface area contributed by atoms with Crippen molar-refractivity contribution in [2.24, 2.45) is 0 Å². The van der Waals surface area contributed by atoms with Gasteiger partial charge < -0.3 is 4.74 Å². The van der Waals surface area contributed by atoms with Crippen LogP contribution in [0.15, 0.2) is 18.2 Å². The Morgan fingerprint density at radius 3 is 2.94 bits per heavy atom. The van der Waals surface area contributed by atoms with Crippen LogP contribution < -0.4 is 0 Å². The van der Waals surface area contributed by atoms with Gasteiger partial charge in [-0.15, -0.1) is 0 Å². The second kappa shape index (κ2) is 3.73. The van der Waals surface area contributed by atoms with Gasteiger partial charge in [-0.2, -0.15) is 9.49 Å². The lowest BCUT2D eigenvalue weighted by Gasteiger charge is -1.92. The monoisotopic (exact) mass is 222 g/mol. The van der Waals surface area contributed by atoms with Crippen LogP contribution >= 0.6 is 0 Å². The summed E-state index contributed by atoms with van der Waals surface area (Å²) in [7, 11) is 1.16. The van der Waals surface area contributed by atoms with Crippen LogP contribution in [0.25, 0.3) is 5.52 Å². The van der Waals surface area contributed by atoms with E-state index >= 15 is 0 Å². The van der Waals surface area contributed by atoms with E-state index in [9.17, 15) is 14.0 Å². The van der Waals surface area contributed by atoms with Gasteiger partial charge in [-0.3, -0.25) is 4.79 Å². The minimum atomic E-state index is -0.773. The number of aldehydes is 1. The highest BCUT2D eigenvalue weighted by atomic mass is 19.1. The number of ether oxygens (including phenoxy) is 1. The summed E-state index contributed by atoms with van der Waals surface area (Å²) in [5.74, 6) is -1.43. The molecule has 0 N–H and O–H groups in total. The molecule has 0 spiro atoms. The number of carbonyl (C=O) groups excluding carboxylic acids is 2. The maximum Gasteiger partial charge on any atom is 0.359 e. The highest BCUT2D eigenvalue weighted by molar-refractivity contribution is 6.01. The van der Waals surface area contributed by atoms with Crippen molar-refractivity contribution in [1.29, 1.82) is 0 Å². The van der Waals surface area contributed by atoms with Gasteiger partial charge in [0.2, 0.25) is 5.95 Å². The van der Waals surface area contributed by atoms with Crippen molar-refractivity contribution in [2.45, 2.75) is 0 Å². The molecule has 5 nitrogen and oxygen atoms in total. The molecule has 2 heterocycles. The van der Waals surface area contributed by atoms with Crippen LogP contribution in [0.1, 0.15) is 20.8 Å². The molecule has 0 fully saturated rings. The van der Waals surface area contributed by atoms with E-state index < -0.39 is 11.9 Å². The van der Waals surface area contributed by atoms with Crippen LogP contribution in [0.4, 0.5) is 4.39 Å². The molecule has 2 aromatic rings. The number of methoxy groups -OCH3 is 1. The van der Waals surface area contributed by atoms with Crippen molar-refractivity contribution in [3.63, 3.8) is 0 Å². The average Bonchev–Trinajstić information content (AvgIpc) is 2.68. The zero-order valence-corrected chi connectivity index (χ0v) is 8.31. The largest absolute Gasteiger partial charge is 0.464 e. The molecule has 0 unspecified atom stereocenters. The maximum absolute atomic E-state index is 13.3. The van der Waals surface area contributed by atoms with Gasteiger partial charge in [-0.05, 0) is 12.1 Å². The smallest absolute Gasteiger partial charge is 0.359 e. The number of rotatable bonds is 2. The summed E-state index contributed by atoms with van der Waals surface area (Å²) in [6.45, 7) is 0. The van der Waals surface area contributed by atoms with E-state index in [1.165, 1.54) is 18.2 Å². The first-order valence-corrected chi connectivity index (χ1v) is 4.39. The van der Waals surface area contributed by atoms with E-state index in [2.05, 4.69) is 9.84 Å². The minimum absolute atomic E-state index is 0.0198. The fraction of sp³-hybridized carbons (Fsp3) is 0.100. The van der Waals surface area contributed by atoms with Crippen molar-refractivity contribution >= 4 is 17.8 Å². The number of carbonyl (C=O) groups is 2. The predicted octanol–water partition coefficient (Wildman–Crippen LogP) is 1.07. The Kier molecular flexibility index (Phi) is 2.40. The highest BCUT2D eigenvalue weighted by Crippen LogP contribution is 2.15. The van der Waals surface area contributed by atoms with Gasteiger partial charge in [0.05, 0.1) is 18.2 Å². The summed E-state index contributed by atoms with van der Waals surface area (Å²) in [5.41, 5.74) is 0.0596. The van der Waals surface area contributed by atoms with E-state index in [1.807, 2.05) is 0 Å². The van der Waals surface area contributed by atoms with Gasteiger partial charge in [-0.1, -0.05) is 6.07 Å². The summed E-state index contributed by atoms with van der Waals surface area (Å²) >= 11 is 0. The summed E-state index contributed by atoms with van der Waals surface area (Å²) in [5, 5.41) is 3.69. The Balaban J connectivity index is 2.81. The molecule has 0 atom stereocenters. The number of hydrogen-bond acceptors (Lipinski definition) is 4. The third kappa shape index (κ3) is 1.35. The summed E-state index contributed by atoms with van der Waals surface area (Å²) < 4.78 is 18.7. The maximum atomic E-state index is 13.3. The van der Waals surface area contributed by atoms with Crippen LogP contribution in [0.5, 0.6) is 0 Å². The minimum Gasteiger partial charge on any atom is -0.464 e. The molecule has 0 aromatic carbocycles. The van der Waals surface area contributed by atoms with E-state index in [4.69, 9.17) is 0 Å². The normalized spacial score (nSPS) is 10.4. The van der Waals surface area contributed by atoms with Crippen LogP contribution in [0.3, 0.4) is 0 Å². The number of halogens is 1. The lowest BCUT2D eigenvalue weighted by molar-refractivity contribution is 0.0591. The predicted molar refractivity (Wildman–Crippen MR) is 51.9 cm³/mol. The Hall–Kier alpha value is -2.24. The van der Waals surface area contributed by atoms with E-state index in [1.54, 1.807) is 0 Å². The Bertz CT molecular complexity index is 577. The molecule has 2 aromatic heterocycles. The second-order valence-electron chi connectivity index (χ2n) is 3.02. The molecule has 0 bridgehead atoms. The Labute approximate surface area is 89.4 Å². The molecular weight excluding hydrogens is 215 g/mol. The molecule has 0 aliphatic heterocycles. The summed E-state index contributed by atoms with van der Waals surface area (Å²) in [4.78, 5) is 22.1. The summed E-state index contributed by atoms with van der Waals surface area (Å²) in [6, 6.07) is 4.10. The van der Waals surface area contributed by atoms with E-state index in [0.717, 1.165) is 11.6 Å². The second-order valence-corrected chi connectivity index (χ2v) is 3.02. The number of esters is 1. The molecule has 0 saturated heterocycles. The van der Waals surface area contributed by atoms with Crippen molar-refractivity contribution in [3.05, 3.63) is 35.4 Å². The molecule has 16 heavy (non-hydrogen) atoms. The van der Waals surface area contributed by atoms with Crippen molar-refractivity contribution in [3.8, 4) is 0 Å². The van der Waals surface area contributed by atoms with Crippen LogP contribution in [-0.4, -0.2) is 29.0 Å². The van der Waals surface area contributed by atoms with Gasteiger partial charge in [0, 0.05) is 0 Å². The molecule has 6 heteroatoms. The first-order chi connectivity index (χ1) is 7.69. The zero-order chi connectivity index (χ0) is 11.7. The zero-order valence-electron chi connectivity index (χ0n) is 8.31. The molecule has 0 amide bonds. The van der Waals surface area contributed by atoms with Gasteiger partial charge in [-0.25, -0.2) is 9.31 Å². The Morgan fingerprint density at radius 2 is 2.31 bits per heavy atom. The molecule has 0 aliphatic carbocycles. The van der Waals surface area contributed by atoms with Gasteiger partial charge in [0.25, 0.3) is 0 Å². The van der Waals surface area contributed by atoms with Gasteiger partial charge >= 0.3 is 5.97 Å². The third-order valence-corrected chi connectivity index (χ3v) is 2.15. The first-order valence-electron chi connectivity index (χ1n) is 4.39. The molecule has 0 saturated carbocycles. The third-order valence-electron chi connectivity index (χ3n) is 2.15. The number of pyridine rings is 1. The van der Waals surface area contributed by atoms with Gasteiger partial charge in [0.1, 0.15) is 0 Å². The standard InChI is InChI=1S/C10H7FN2O3/c1-16-10(15)9-6(5-14)7-3-2-4-8(11)13(7)12-9/h2-5H,1H3. The van der Waals surface area contributed by atoms with Crippen molar-refractivity contribution in [1.82, 2.24) is 9.61 Å². The molecule has 82 valence electrons. The molecular formula is C10H7FN2O3. The van der Waals surface area contributed by atoms with E-state index in [0.29, 0.717) is 6.29 Å². The number of aromatic nitrogens is 2.